The van der Waals surface area contributed by atoms with Gasteiger partial charge >= 0.3 is 11.9 Å². The minimum Gasteiger partial charge on any atom is -0.506 e. The van der Waals surface area contributed by atoms with Gasteiger partial charge in [0.25, 0.3) is 5.91 Å². The van der Waals surface area contributed by atoms with Crippen molar-refractivity contribution in [3.8, 4) is 5.75 Å². The number of rotatable bonds is 5. The fourth-order valence-electron chi connectivity index (χ4n) is 3.08. The molecule has 28 heavy (non-hydrogen) atoms. The number of aliphatic hydroxyl groups excluding tert-OH is 1. The largest absolute Gasteiger partial charge is 0.506 e. The van der Waals surface area contributed by atoms with Crippen LogP contribution < -0.4 is 5.32 Å². The van der Waals surface area contributed by atoms with Crippen LogP contribution >= 0.6 is 0 Å². The number of carboxylic acids is 1. The normalized spacial score (nSPS) is 19.3. The number of esters is 1. The van der Waals surface area contributed by atoms with E-state index in [-0.39, 0.29) is 23.1 Å². The van der Waals surface area contributed by atoms with Crippen molar-refractivity contribution in [1.82, 2.24) is 5.32 Å². The number of aromatic hydroxyl groups is 1. The molecule has 0 saturated carbocycles. The molecule has 3 rings (SSSR count). The van der Waals surface area contributed by atoms with Gasteiger partial charge in [-0.25, -0.2) is 9.59 Å². The molecule has 0 aliphatic carbocycles. The van der Waals surface area contributed by atoms with Crippen LogP contribution in [0.5, 0.6) is 5.75 Å². The van der Waals surface area contributed by atoms with Crippen molar-refractivity contribution in [2.75, 3.05) is 0 Å². The van der Waals surface area contributed by atoms with Gasteiger partial charge in [-0.15, -0.1) is 0 Å². The van der Waals surface area contributed by atoms with Gasteiger partial charge in [-0.3, -0.25) is 4.79 Å². The first kappa shape index (κ1) is 19.4. The molecule has 0 spiro atoms. The first-order valence-electron chi connectivity index (χ1n) is 8.62. The lowest BCUT2D eigenvalue weighted by molar-refractivity contribution is -0.139. The van der Waals surface area contributed by atoms with Crippen LogP contribution in [-0.4, -0.2) is 45.3 Å². The number of phenols is 1. The van der Waals surface area contributed by atoms with E-state index in [4.69, 9.17) is 4.74 Å². The topological polar surface area (TPSA) is 133 Å². The summed E-state index contributed by atoms with van der Waals surface area (Å²) in [5.41, 5.74) is 0.285. The van der Waals surface area contributed by atoms with Gasteiger partial charge in [-0.05, 0) is 18.6 Å². The number of carboxylic acid groups (broad SMARTS) is 1. The van der Waals surface area contributed by atoms with Gasteiger partial charge in [-0.2, -0.15) is 0 Å². The van der Waals surface area contributed by atoms with E-state index in [0.29, 0.717) is 5.56 Å². The Bertz CT molecular complexity index is 926. The Labute approximate surface area is 160 Å². The third kappa shape index (κ3) is 3.67. The molecule has 1 amide bonds. The Hall–Kier alpha value is -3.39. The monoisotopic (exact) mass is 385 g/mol. The van der Waals surface area contributed by atoms with Crippen molar-refractivity contribution in [1.29, 1.82) is 0 Å². The molecule has 0 radical (unpaired) electrons. The number of phenolic OH excluding ortho intramolecular Hbond substituents is 1. The quantitative estimate of drug-likeness (QED) is 0.572. The average Bonchev–Trinajstić information content (AvgIpc) is 2.66. The molecule has 2 aromatic carbocycles. The highest BCUT2D eigenvalue weighted by Gasteiger charge is 2.36. The van der Waals surface area contributed by atoms with Gasteiger partial charge in [0.2, 0.25) is 0 Å². The summed E-state index contributed by atoms with van der Waals surface area (Å²) < 4.78 is 4.96. The number of hydrogen-bond acceptors (Lipinski definition) is 6. The highest BCUT2D eigenvalue weighted by molar-refractivity contribution is 6.04. The fraction of sp³-hybridized carbons (Fsp3) is 0.250. The van der Waals surface area contributed by atoms with Gasteiger partial charge in [0.05, 0.1) is 5.56 Å². The van der Waals surface area contributed by atoms with Crippen molar-refractivity contribution in [3.63, 3.8) is 0 Å². The van der Waals surface area contributed by atoms with E-state index >= 15 is 0 Å². The smallest absolute Gasteiger partial charge is 0.342 e. The average molecular weight is 385 g/mol. The van der Waals surface area contributed by atoms with Crippen LogP contribution in [-0.2, 0) is 16.0 Å². The first-order chi connectivity index (χ1) is 13.3. The van der Waals surface area contributed by atoms with Gasteiger partial charge in [0.15, 0.2) is 0 Å². The SMILES string of the molecule is C[C@H]1OC(=O)c2c(ccc(C(=O)N[C@@H](Cc3ccccc3)C(=O)O)c2O)C1O. The van der Waals surface area contributed by atoms with Crippen LogP contribution in [0.4, 0.5) is 0 Å². The third-order valence-electron chi connectivity index (χ3n) is 4.60. The predicted octanol–water partition coefficient (Wildman–Crippen LogP) is 1.41. The molecular weight excluding hydrogens is 366 g/mol. The predicted molar refractivity (Wildman–Crippen MR) is 97.0 cm³/mol. The summed E-state index contributed by atoms with van der Waals surface area (Å²) in [5, 5.41) is 32.3. The minimum atomic E-state index is -1.24. The molecular formula is C20H19NO7. The summed E-state index contributed by atoms with van der Waals surface area (Å²) in [6.07, 6.45) is -1.88. The number of aliphatic carboxylic acids is 1. The van der Waals surface area contributed by atoms with Crippen molar-refractivity contribution in [2.24, 2.45) is 0 Å². The van der Waals surface area contributed by atoms with E-state index in [1.54, 1.807) is 30.3 Å². The Morgan fingerprint density at radius 1 is 1.18 bits per heavy atom. The van der Waals surface area contributed by atoms with E-state index < -0.39 is 41.8 Å². The number of aliphatic hydroxyl groups is 1. The molecule has 0 fully saturated rings. The van der Waals surface area contributed by atoms with E-state index in [1.807, 2.05) is 0 Å². The van der Waals surface area contributed by atoms with Gasteiger partial charge in [-0.1, -0.05) is 36.4 Å². The second-order valence-electron chi connectivity index (χ2n) is 6.54. The standard InChI is InChI=1S/C20H19NO7/c1-10-16(22)12-7-8-13(17(23)15(12)20(27)28-10)18(24)21-14(19(25)26)9-11-5-3-2-4-6-11/h2-8,10,14,16,22-23H,9H2,1H3,(H,21,24)(H,25,26)/t10-,14+,16?/m1/s1. The van der Waals surface area contributed by atoms with Crippen LogP contribution in [0.2, 0.25) is 0 Å². The third-order valence-corrected chi connectivity index (χ3v) is 4.60. The Kier molecular flexibility index (Phi) is 5.32. The first-order valence-corrected chi connectivity index (χ1v) is 8.62. The number of carbonyl (C=O) groups excluding carboxylic acids is 2. The molecule has 1 unspecified atom stereocenters. The fourth-order valence-corrected chi connectivity index (χ4v) is 3.08. The molecule has 0 bridgehead atoms. The Morgan fingerprint density at radius 3 is 2.50 bits per heavy atom. The van der Waals surface area contributed by atoms with Crippen LogP contribution in [0.1, 0.15) is 44.9 Å². The zero-order valence-corrected chi connectivity index (χ0v) is 15.0. The second-order valence-corrected chi connectivity index (χ2v) is 6.54. The molecule has 1 heterocycles. The van der Waals surface area contributed by atoms with E-state index in [9.17, 15) is 29.7 Å². The number of benzene rings is 2. The maximum atomic E-state index is 12.6. The van der Waals surface area contributed by atoms with Crippen molar-refractivity contribution in [2.45, 2.75) is 31.6 Å². The van der Waals surface area contributed by atoms with Crippen LogP contribution in [0, 0.1) is 0 Å². The lowest BCUT2D eigenvalue weighted by Crippen LogP contribution is -2.42. The van der Waals surface area contributed by atoms with Crippen molar-refractivity contribution < 1.29 is 34.4 Å². The Balaban J connectivity index is 1.87. The van der Waals surface area contributed by atoms with Crippen LogP contribution in [0.25, 0.3) is 0 Å². The molecule has 8 nitrogen and oxygen atoms in total. The molecule has 146 valence electrons. The summed E-state index contributed by atoms with van der Waals surface area (Å²) >= 11 is 0. The van der Waals surface area contributed by atoms with Gasteiger partial charge < -0.3 is 25.4 Å². The minimum absolute atomic E-state index is 0.0475. The number of amides is 1. The van der Waals surface area contributed by atoms with Gasteiger partial charge in [0, 0.05) is 12.0 Å². The van der Waals surface area contributed by atoms with Crippen molar-refractivity contribution >= 4 is 17.8 Å². The maximum absolute atomic E-state index is 12.6. The lowest BCUT2D eigenvalue weighted by atomic mass is 9.93. The number of cyclic esters (lactones) is 1. The highest BCUT2D eigenvalue weighted by Crippen LogP contribution is 2.36. The molecule has 8 heteroatoms. The summed E-state index contributed by atoms with van der Waals surface area (Å²) in [6, 6.07) is 10.1. The highest BCUT2D eigenvalue weighted by atomic mass is 16.6. The molecule has 0 aromatic heterocycles. The molecule has 4 N–H and O–H groups in total. The summed E-state index contributed by atoms with van der Waals surface area (Å²) in [7, 11) is 0. The molecule has 3 atom stereocenters. The van der Waals surface area contributed by atoms with Gasteiger partial charge in [0.1, 0.15) is 29.6 Å². The number of nitrogens with one attached hydrogen (secondary N) is 1. The molecule has 2 aromatic rings. The summed E-state index contributed by atoms with van der Waals surface area (Å²) in [4.78, 5) is 36.2. The van der Waals surface area contributed by atoms with Crippen LogP contribution in [0.15, 0.2) is 42.5 Å². The molecule has 0 saturated heterocycles. The van der Waals surface area contributed by atoms with E-state index in [2.05, 4.69) is 5.32 Å². The molecule has 1 aliphatic rings. The number of hydrogen-bond donors (Lipinski definition) is 4. The summed E-state index contributed by atoms with van der Waals surface area (Å²) in [6.45, 7) is 1.50. The Morgan fingerprint density at radius 2 is 1.86 bits per heavy atom. The number of ether oxygens (including phenoxy) is 1. The molecule has 1 aliphatic heterocycles. The lowest BCUT2D eigenvalue weighted by Gasteiger charge is -2.28. The summed E-state index contributed by atoms with van der Waals surface area (Å²) in [5.74, 6) is -3.61. The van der Waals surface area contributed by atoms with E-state index in [1.165, 1.54) is 19.1 Å². The van der Waals surface area contributed by atoms with Crippen LogP contribution in [0.3, 0.4) is 0 Å². The zero-order chi connectivity index (χ0) is 20.4. The van der Waals surface area contributed by atoms with Crippen molar-refractivity contribution in [3.05, 3.63) is 64.7 Å². The van der Waals surface area contributed by atoms with E-state index in [0.717, 1.165) is 0 Å². The zero-order valence-electron chi connectivity index (χ0n) is 15.0. The second kappa shape index (κ2) is 7.69. The number of fused-ring (bicyclic) bond motifs is 1. The maximum Gasteiger partial charge on any atom is 0.342 e. The number of carbonyl (C=O) groups is 3.